The molecule has 1 aliphatic rings. The molecule has 0 bridgehead atoms. The molecule has 24 heavy (non-hydrogen) atoms. The Morgan fingerprint density at radius 2 is 1.79 bits per heavy atom. The van der Waals surface area contributed by atoms with E-state index in [4.69, 9.17) is 0 Å². The monoisotopic (exact) mass is 370 g/mol. The molecular weight excluding hydrogens is 344 g/mol. The normalized spacial score (nSPS) is 17.1. The first-order valence-electron chi connectivity index (χ1n) is 8.37. The van der Waals surface area contributed by atoms with Gasteiger partial charge in [0.1, 0.15) is 0 Å². The average Bonchev–Trinajstić information content (AvgIpc) is 2.81. The zero-order valence-corrected chi connectivity index (χ0v) is 16.2. The lowest BCUT2D eigenvalue weighted by Gasteiger charge is -2.21. The van der Waals surface area contributed by atoms with Crippen molar-refractivity contribution < 1.29 is 13.2 Å². The van der Waals surface area contributed by atoms with E-state index in [1.54, 1.807) is 23.6 Å². The average molecular weight is 371 g/mol. The largest absolute Gasteiger partial charge is 0.337 e. The molecule has 0 unspecified atom stereocenters. The summed E-state index contributed by atoms with van der Waals surface area (Å²) in [5, 5.41) is 0.503. The van der Waals surface area contributed by atoms with Crippen LogP contribution in [0.5, 0.6) is 0 Å². The summed E-state index contributed by atoms with van der Waals surface area (Å²) in [6.07, 6.45) is 0.673. The van der Waals surface area contributed by atoms with Gasteiger partial charge in [-0.1, -0.05) is 13.8 Å². The molecule has 0 aliphatic carbocycles. The highest BCUT2D eigenvalue weighted by molar-refractivity contribution is 7.99. The van der Waals surface area contributed by atoms with Crippen molar-refractivity contribution >= 4 is 27.7 Å². The SMILES string of the molecule is CCS(=O)(=O)N1CCCN(C(=O)c2ccc(SC(C)C)cc2)CC1. The van der Waals surface area contributed by atoms with E-state index in [2.05, 4.69) is 13.8 Å². The van der Waals surface area contributed by atoms with E-state index >= 15 is 0 Å². The molecule has 1 aromatic rings. The first kappa shape index (κ1) is 19.3. The van der Waals surface area contributed by atoms with E-state index in [1.807, 2.05) is 24.3 Å². The Bertz CT molecular complexity index is 657. The molecule has 0 radical (unpaired) electrons. The predicted octanol–water partition coefficient (Wildman–Crippen LogP) is 2.68. The van der Waals surface area contributed by atoms with Crippen molar-refractivity contribution in [1.82, 2.24) is 9.21 Å². The van der Waals surface area contributed by atoms with Gasteiger partial charge in [-0.3, -0.25) is 4.79 Å². The van der Waals surface area contributed by atoms with Crippen molar-refractivity contribution in [2.24, 2.45) is 0 Å². The molecule has 1 heterocycles. The zero-order chi connectivity index (χ0) is 17.7. The van der Waals surface area contributed by atoms with Gasteiger partial charge in [-0.25, -0.2) is 12.7 Å². The van der Waals surface area contributed by atoms with Gasteiger partial charge < -0.3 is 4.90 Å². The summed E-state index contributed by atoms with van der Waals surface area (Å²) in [4.78, 5) is 15.6. The van der Waals surface area contributed by atoms with Gasteiger partial charge in [0, 0.05) is 41.9 Å². The Balaban J connectivity index is 2.02. The fourth-order valence-electron chi connectivity index (χ4n) is 2.69. The number of sulfonamides is 1. The molecule has 1 saturated heterocycles. The minimum absolute atomic E-state index is 0.0214. The molecule has 0 atom stereocenters. The number of thioether (sulfide) groups is 1. The molecule has 0 aromatic heterocycles. The quantitative estimate of drug-likeness (QED) is 0.748. The van der Waals surface area contributed by atoms with Crippen LogP contribution in [0, 0.1) is 0 Å². The summed E-state index contributed by atoms with van der Waals surface area (Å²) in [5.41, 5.74) is 0.662. The van der Waals surface area contributed by atoms with Crippen LogP contribution in [0.15, 0.2) is 29.2 Å². The number of amides is 1. The van der Waals surface area contributed by atoms with Crippen LogP contribution in [-0.2, 0) is 10.0 Å². The lowest BCUT2D eigenvalue weighted by molar-refractivity contribution is 0.0764. The third kappa shape index (κ3) is 4.97. The number of hydrogen-bond donors (Lipinski definition) is 0. The van der Waals surface area contributed by atoms with Crippen LogP contribution in [-0.4, -0.2) is 60.7 Å². The highest BCUT2D eigenvalue weighted by atomic mass is 32.2. The van der Waals surface area contributed by atoms with Gasteiger partial charge in [-0.05, 0) is 37.6 Å². The summed E-state index contributed by atoms with van der Waals surface area (Å²) in [5.74, 6) is 0.0856. The van der Waals surface area contributed by atoms with Gasteiger partial charge in [-0.2, -0.15) is 0 Å². The van der Waals surface area contributed by atoms with Gasteiger partial charge in [0.05, 0.1) is 5.75 Å². The van der Waals surface area contributed by atoms with Crippen LogP contribution in [0.25, 0.3) is 0 Å². The number of hydrogen-bond acceptors (Lipinski definition) is 4. The number of rotatable bonds is 5. The van der Waals surface area contributed by atoms with Crippen LogP contribution in [0.2, 0.25) is 0 Å². The van der Waals surface area contributed by atoms with E-state index in [9.17, 15) is 13.2 Å². The highest BCUT2D eigenvalue weighted by Crippen LogP contribution is 2.23. The molecule has 1 amide bonds. The van der Waals surface area contributed by atoms with Crippen molar-refractivity contribution in [3.05, 3.63) is 29.8 Å². The van der Waals surface area contributed by atoms with E-state index in [0.717, 1.165) is 4.90 Å². The maximum Gasteiger partial charge on any atom is 0.253 e. The molecule has 1 fully saturated rings. The van der Waals surface area contributed by atoms with Crippen molar-refractivity contribution in [3.8, 4) is 0 Å². The maximum absolute atomic E-state index is 12.7. The van der Waals surface area contributed by atoms with E-state index in [1.165, 1.54) is 4.31 Å². The second kappa shape index (κ2) is 8.36. The van der Waals surface area contributed by atoms with Gasteiger partial charge in [-0.15, -0.1) is 11.8 Å². The standard InChI is InChI=1S/C17H26N2O3S2/c1-4-24(21,22)19-11-5-10-18(12-13-19)17(20)15-6-8-16(9-7-15)23-14(2)3/h6-9,14H,4-5,10-13H2,1-3H3. The topological polar surface area (TPSA) is 57.7 Å². The fourth-order valence-corrected chi connectivity index (χ4v) is 4.66. The minimum atomic E-state index is -3.18. The van der Waals surface area contributed by atoms with Crippen molar-refractivity contribution in [3.63, 3.8) is 0 Å². The number of carbonyl (C=O) groups excluding carboxylic acids is 1. The molecule has 0 saturated carbocycles. The summed E-state index contributed by atoms with van der Waals surface area (Å²) >= 11 is 1.77. The Morgan fingerprint density at radius 3 is 2.38 bits per heavy atom. The number of nitrogens with zero attached hydrogens (tertiary/aromatic N) is 2. The maximum atomic E-state index is 12.7. The summed E-state index contributed by atoms with van der Waals surface area (Å²) in [7, 11) is -3.18. The molecule has 2 rings (SSSR count). The Labute approximate surface area is 149 Å². The molecule has 0 spiro atoms. The van der Waals surface area contributed by atoms with Crippen LogP contribution in [0.1, 0.15) is 37.6 Å². The van der Waals surface area contributed by atoms with Crippen LogP contribution >= 0.6 is 11.8 Å². The zero-order valence-electron chi connectivity index (χ0n) is 14.6. The second-order valence-electron chi connectivity index (χ2n) is 6.14. The van der Waals surface area contributed by atoms with Crippen molar-refractivity contribution in [1.29, 1.82) is 0 Å². The van der Waals surface area contributed by atoms with Gasteiger partial charge in [0.15, 0.2) is 0 Å². The molecule has 5 nitrogen and oxygen atoms in total. The molecule has 134 valence electrons. The van der Waals surface area contributed by atoms with Gasteiger partial charge >= 0.3 is 0 Å². The van der Waals surface area contributed by atoms with Crippen LogP contribution < -0.4 is 0 Å². The molecule has 7 heteroatoms. The minimum Gasteiger partial charge on any atom is -0.337 e. The van der Waals surface area contributed by atoms with Gasteiger partial charge in [0.2, 0.25) is 10.0 Å². The molecule has 1 aliphatic heterocycles. The summed E-state index contributed by atoms with van der Waals surface area (Å²) in [6, 6.07) is 7.67. The molecular formula is C17H26N2O3S2. The first-order chi connectivity index (χ1) is 11.3. The van der Waals surface area contributed by atoms with Crippen molar-refractivity contribution in [2.45, 2.75) is 37.3 Å². The highest BCUT2D eigenvalue weighted by Gasteiger charge is 2.25. The molecule has 0 N–H and O–H groups in total. The lowest BCUT2D eigenvalue weighted by Crippen LogP contribution is -2.37. The van der Waals surface area contributed by atoms with E-state index in [-0.39, 0.29) is 11.7 Å². The van der Waals surface area contributed by atoms with Gasteiger partial charge in [0.25, 0.3) is 5.91 Å². The smallest absolute Gasteiger partial charge is 0.253 e. The summed E-state index contributed by atoms with van der Waals surface area (Å²) < 4.78 is 25.5. The third-order valence-electron chi connectivity index (χ3n) is 3.97. The van der Waals surface area contributed by atoms with E-state index < -0.39 is 10.0 Å². The lowest BCUT2D eigenvalue weighted by atomic mass is 10.2. The Morgan fingerprint density at radius 1 is 1.12 bits per heavy atom. The predicted molar refractivity (Wildman–Crippen MR) is 99.0 cm³/mol. The third-order valence-corrected chi connectivity index (χ3v) is 6.87. The number of benzene rings is 1. The second-order valence-corrected chi connectivity index (χ2v) is 10.0. The summed E-state index contributed by atoms with van der Waals surface area (Å²) in [6.45, 7) is 7.83. The Hall–Kier alpha value is -1.05. The first-order valence-corrected chi connectivity index (χ1v) is 10.9. The van der Waals surface area contributed by atoms with E-state index in [0.29, 0.717) is 43.4 Å². The Kier molecular flexibility index (Phi) is 6.71. The van der Waals surface area contributed by atoms with Crippen LogP contribution in [0.4, 0.5) is 0 Å². The fraction of sp³-hybridized carbons (Fsp3) is 0.588. The number of carbonyl (C=O) groups is 1. The van der Waals surface area contributed by atoms with Crippen LogP contribution in [0.3, 0.4) is 0 Å². The van der Waals surface area contributed by atoms with Crippen molar-refractivity contribution in [2.75, 3.05) is 31.9 Å². The molecule has 1 aromatic carbocycles.